The van der Waals surface area contributed by atoms with E-state index in [0.29, 0.717) is 17.7 Å². The maximum absolute atomic E-state index is 13.5. The van der Waals surface area contributed by atoms with Gasteiger partial charge in [-0.25, -0.2) is 0 Å². The maximum Gasteiger partial charge on any atom is 0.258 e. The molecule has 0 saturated heterocycles. The van der Waals surface area contributed by atoms with Crippen molar-refractivity contribution in [2.75, 3.05) is 7.05 Å². The third-order valence-corrected chi connectivity index (χ3v) is 5.97. The largest absolute Gasteiger partial charge is 0.490 e. The minimum atomic E-state index is -0.636. The number of hydrogen-bond donors (Lipinski definition) is 1. The molecule has 5 heteroatoms. The number of ether oxygens (including phenoxy) is 1. The second-order valence-electron chi connectivity index (χ2n) is 8.85. The van der Waals surface area contributed by atoms with E-state index in [4.69, 9.17) is 4.74 Å². The lowest BCUT2D eigenvalue weighted by Crippen LogP contribution is -2.52. The zero-order chi connectivity index (χ0) is 23.1. The van der Waals surface area contributed by atoms with Crippen molar-refractivity contribution >= 4 is 11.8 Å². The van der Waals surface area contributed by atoms with Crippen molar-refractivity contribution < 1.29 is 14.3 Å². The Labute approximate surface area is 191 Å². The Morgan fingerprint density at radius 3 is 2.38 bits per heavy atom. The van der Waals surface area contributed by atoms with Crippen LogP contribution in [0.3, 0.4) is 0 Å². The summed E-state index contributed by atoms with van der Waals surface area (Å²) in [4.78, 5) is 28.5. The predicted molar refractivity (Wildman–Crippen MR) is 128 cm³/mol. The molecule has 3 rings (SSSR count). The molecule has 0 saturated carbocycles. The third kappa shape index (κ3) is 6.00. The standard InChI is InChI=1S/C27H34N2O3/c1-19(2)23-16-10-8-12-20(3)32-25-17-11-9-15-22(25)27(31)29(4)24(26(30)28-23)18-21-13-6-5-7-14-21/h5-11,13-15,17,19-20,23-24H,12,16,18H2,1-4H3,(H,28,30)/b10-8-/t20-,23+,24-/m0/s1. The lowest BCUT2D eigenvalue weighted by Gasteiger charge is -2.31. The smallest absolute Gasteiger partial charge is 0.258 e. The van der Waals surface area contributed by atoms with E-state index in [9.17, 15) is 9.59 Å². The van der Waals surface area contributed by atoms with E-state index in [1.54, 1.807) is 18.0 Å². The van der Waals surface area contributed by atoms with Crippen molar-refractivity contribution in [3.05, 3.63) is 77.9 Å². The summed E-state index contributed by atoms with van der Waals surface area (Å²) in [6, 6.07) is 16.4. The van der Waals surface area contributed by atoms with Crippen LogP contribution in [0.2, 0.25) is 0 Å². The van der Waals surface area contributed by atoms with Crippen molar-refractivity contribution in [3.63, 3.8) is 0 Å². The highest BCUT2D eigenvalue weighted by Gasteiger charge is 2.31. The van der Waals surface area contributed by atoms with Crippen LogP contribution in [-0.2, 0) is 11.2 Å². The van der Waals surface area contributed by atoms with Gasteiger partial charge in [0.2, 0.25) is 5.91 Å². The number of carbonyl (C=O) groups is 2. The van der Waals surface area contributed by atoms with Crippen LogP contribution in [0.5, 0.6) is 5.75 Å². The summed E-state index contributed by atoms with van der Waals surface area (Å²) in [7, 11) is 1.70. The van der Waals surface area contributed by atoms with Gasteiger partial charge in [0.25, 0.3) is 5.91 Å². The van der Waals surface area contributed by atoms with Gasteiger partial charge in [-0.3, -0.25) is 9.59 Å². The number of nitrogens with one attached hydrogen (secondary N) is 1. The molecule has 2 aromatic carbocycles. The molecule has 1 aliphatic heterocycles. The zero-order valence-electron chi connectivity index (χ0n) is 19.5. The molecule has 0 bridgehead atoms. The van der Waals surface area contributed by atoms with Crippen molar-refractivity contribution in [1.29, 1.82) is 0 Å². The Morgan fingerprint density at radius 1 is 1.00 bits per heavy atom. The Kier molecular flexibility index (Phi) is 8.09. The summed E-state index contributed by atoms with van der Waals surface area (Å²) in [5.41, 5.74) is 1.47. The number of fused-ring (bicyclic) bond motifs is 1. The van der Waals surface area contributed by atoms with Crippen LogP contribution >= 0.6 is 0 Å². The molecule has 0 aliphatic carbocycles. The van der Waals surface area contributed by atoms with Crippen LogP contribution < -0.4 is 10.1 Å². The van der Waals surface area contributed by atoms with Crippen molar-refractivity contribution in [2.45, 2.75) is 58.2 Å². The van der Waals surface area contributed by atoms with Crippen LogP contribution in [0, 0.1) is 5.92 Å². The summed E-state index contributed by atoms with van der Waals surface area (Å²) in [6.07, 6.45) is 6.05. The second-order valence-corrected chi connectivity index (χ2v) is 8.85. The molecule has 170 valence electrons. The lowest BCUT2D eigenvalue weighted by molar-refractivity contribution is -0.126. The Hall–Kier alpha value is -3.08. The first-order chi connectivity index (χ1) is 15.4. The molecule has 0 fully saturated rings. The van der Waals surface area contributed by atoms with Crippen LogP contribution in [-0.4, -0.2) is 41.9 Å². The van der Waals surface area contributed by atoms with Crippen molar-refractivity contribution in [1.82, 2.24) is 10.2 Å². The molecule has 5 nitrogen and oxygen atoms in total. The number of rotatable bonds is 3. The second kappa shape index (κ2) is 11.0. The highest BCUT2D eigenvalue weighted by atomic mass is 16.5. The van der Waals surface area contributed by atoms with Crippen LogP contribution in [0.4, 0.5) is 0 Å². The Morgan fingerprint density at radius 2 is 1.66 bits per heavy atom. The van der Waals surface area contributed by atoms with Gasteiger partial charge >= 0.3 is 0 Å². The molecule has 1 N–H and O–H groups in total. The van der Waals surface area contributed by atoms with E-state index in [-0.39, 0.29) is 29.9 Å². The van der Waals surface area contributed by atoms with Crippen molar-refractivity contribution in [3.8, 4) is 5.75 Å². The van der Waals surface area contributed by atoms with Gasteiger partial charge in [-0.1, -0.05) is 68.5 Å². The summed E-state index contributed by atoms with van der Waals surface area (Å²) in [6.45, 7) is 6.21. The topological polar surface area (TPSA) is 58.6 Å². The van der Waals surface area contributed by atoms with Crippen LogP contribution in [0.1, 0.15) is 49.5 Å². The highest BCUT2D eigenvalue weighted by Crippen LogP contribution is 2.24. The number of nitrogens with zero attached hydrogens (tertiary/aromatic N) is 1. The van der Waals surface area contributed by atoms with E-state index in [1.807, 2.05) is 55.5 Å². The van der Waals surface area contributed by atoms with E-state index in [0.717, 1.165) is 18.4 Å². The molecule has 1 heterocycles. The van der Waals surface area contributed by atoms with E-state index >= 15 is 0 Å². The number of hydrogen-bond acceptors (Lipinski definition) is 3. The third-order valence-electron chi connectivity index (χ3n) is 5.97. The molecule has 2 aromatic rings. The molecule has 0 aromatic heterocycles. The van der Waals surface area contributed by atoms with Gasteiger partial charge in [-0.15, -0.1) is 0 Å². The molecule has 3 atom stereocenters. The normalized spacial score (nSPS) is 23.7. The Balaban J connectivity index is 2.00. The molecule has 2 amide bonds. The quantitative estimate of drug-likeness (QED) is 0.717. The average Bonchev–Trinajstić information content (AvgIpc) is 2.78. The minimum absolute atomic E-state index is 0.00743. The zero-order valence-corrected chi connectivity index (χ0v) is 19.5. The fourth-order valence-electron chi connectivity index (χ4n) is 3.89. The number of para-hydroxylation sites is 1. The molecular formula is C27H34N2O3. The van der Waals surface area contributed by atoms with Gasteiger partial charge in [0.15, 0.2) is 0 Å². The summed E-state index contributed by atoms with van der Waals surface area (Å²) >= 11 is 0. The molecule has 32 heavy (non-hydrogen) atoms. The van der Waals surface area contributed by atoms with Gasteiger partial charge < -0.3 is 15.0 Å². The van der Waals surface area contributed by atoms with Crippen LogP contribution in [0.15, 0.2) is 66.7 Å². The van der Waals surface area contributed by atoms with Gasteiger partial charge in [-0.2, -0.15) is 0 Å². The van der Waals surface area contributed by atoms with Gasteiger partial charge in [0.05, 0.1) is 11.7 Å². The molecule has 0 radical (unpaired) electrons. The monoisotopic (exact) mass is 434 g/mol. The van der Waals surface area contributed by atoms with E-state index < -0.39 is 6.04 Å². The van der Waals surface area contributed by atoms with E-state index in [1.165, 1.54) is 0 Å². The predicted octanol–water partition coefficient (Wildman–Crippen LogP) is 4.63. The number of carbonyl (C=O) groups excluding carboxylic acids is 2. The Bertz CT molecular complexity index is 939. The molecule has 1 aliphatic rings. The SMILES string of the molecule is CC(C)[C@H]1C/C=C\C[C@H](C)Oc2ccccc2C(=O)N(C)[C@@H](Cc2ccccc2)C(=O)N1. The first-order valence-corrected chi connectivity index (χ1v) is 11.4. The summed E-state index contributed by atoms with van der Waals surface area (Å²) in [5.74, 6) is 0.448. The molecule has 0 unspecified atom stereocenters. The average molecular weight is 435 g/mol. The maximum atomic E-state index is 13.5. The number of benzene rings is 2. The fourth-order valence-corrected chi connectivity index (χ4v) is 3.89. The molecule has 0 spiro atoms. The van der Waals surface area contributed by atoms with Crippen LogP contribution in [0.25, 0.3) is 0 Å². The van der Waals surface area contributed by atoms with Gasteiger partial charge in [0, 0.05) is 25.9 Å². The summed E-state index contributed by atoms with van der Waals surface area (Å²) < 4.78 is 6.11. The molecular weight excluding hydrogens is 400 g/mol. The first-order valence-electron chi connectivity index (χ1n) is 11.4. The first kappa shape index (κ1) is 23.6. The highest BCUT2D eigenvalue weighted by molar-refractivity contribution is 5.99. The van der Waals surface area contributed by atoms with E-state index in [2.05, 4.69) is 31.3 Å². The minimum Gasteiger partial charge on any atom is -0.490 e. The van der Waals surface area contributed by atoms with Gasteiger partial charge in [0.1, 0.15) is 11.8 Å². The lowest BCUT2D eigenvalue weighted by atomic mass is 9.98. The van der Waals surface area contributed by atoms with Crippen molar-refractivity contribution in [2.24, 2.45) is 5.92 Å². The summed E-state index contributed by atoms with van der Waals surface area (Å²) in [5, 5.41) is 3.21. The number of amides is 2. The fraction of sp³-hybridized carbons (Fsp3) is 0.407. The van der Waals surface area contributed by atoms with Gasteiger partial charge in [-0.05, 0) is 37.0 Å². The number of likely N-dealkylation sites (N-methyl/N-ethyl adjacent to an activating group) is 1.